The Bertz CT molecular complexity index is 812. The molecule has 0 aliphatic carbocycles. The van der Waals surface area contributed by atoms with Crippen molar-refractivity contribution >= 4 is 18.3 Å². The second kappa shape index (κ2) is 8.59. The minimum Gasteiger partial charge on any atom is -0.454 e. The molecule has 7 heteroatoms. The zero-order valence-electron chi connectivity index (χ0n) is 14.8. The summed E-state index contributed by atoms with van der Waals surface area (Å²) in [4.78, 5) is 14.7. The first kappa shape index (κ1) is 19.5. The summed E-state index contributed by atoms with van der Waals surface area (Å²) in [6, 6.07) is 11.9. The molecular weight excluding hydrogens is 371 g/mol. The van der Waals surface area contributed by atoms with Gasteiger partial charge in [-0.05, 0) is 55.8 Å². The smallest absolute Gasteiger partial charge is 0.254 e. The Balaban J connectivity index is 0.00000210. The molecule has 144 valence electrons. The number of benzene rings is 2. The van der Waals surface area contributed by atoms with E-state index >= 15 is 0 Å². The van der Waals surface area contributed by atoms with E-state index in [1.165, 1.54) is 12.1 Å². The minimum absolute atomic E-state index is 0. The van der Waals surface area contributed by atoms with E-state index < -0.39 is 11.7 Å². The van der Waals surface area contributed by atoms with Crippen molar-refractivity contribution in [3.63, 3.8) is 0 Å². The second-order valence-corrected chi connectivity index (χ2v) is 6.56. The Kier molecular flexibility index (Phi) is 6.19. The number of carbonyl (C=O) groups excluding carboxylic acids is 1. The molecule has 0 spiro atoms. The fraction of sp³-hybridized carbons (Fsp3) is 0.350. The van der Waals surface area contributed by atoms with Crippen LogP contribution in [0, 0.1) is 5.82 Å². The van der Waals surface area contributed by atoms with Gasteiger partial charge in [-0.3, -0.25) is 9.69 Å². The van der Waals surface area contributed by atoms with E-state index in [0.29, 0.717) is 6.54 Å². The average molecular weight is 393 g/mol. The highest BCUT2D eigenvalue weighted by Crippen LogP contribution is 2.36. The first-order valence-electron chi connectivity index (χ1n) is 8.89. The van der Waals surface area contributed by atoms with Crippen LogP contribution in [0.4, 0.5) is 4.39 Å². The van der Waals surface area contributed by atoms with Crippen molar-refractivity contribution in [1.29, 1.82) is 0 Å². The summed E-state index contributed by atoms with van der Waals surface area (Å²) in [6.07, 6.45) is 2.28. The molecule has 0 aromatic heterocycles. The summed E-state index contributed by atoms with van der Waals surface area (Å²) in [5.74, 6) is 0.565. The standard InChI is InChI=1S/C20H21FN2O3.ClH/c21-16-6-2-1-5-15(16)20(24)22-12-17(23-9-3-4-10-23)14-7-8-18-19(11-14)26-13-25-18;/h1-2,5-8,11,17H,3-4,9-10,12-13H2,(H,22,24);1H. The number of carbonyl (C=O) groups is 1. The lowest BCUT2D eigenvalue weighted by Gasteiger charge is -2.28. The molecule has 0 bridgehead atoms. The Labute approximate surface area is 163 Å². The van der Waals surface area contributed by atoms with Crippen molar-refractivity contribution in [2.24, 2.45) is 0 Å². The van der Waals surface area contributed by atoms with Crippen LogP contribution >= 0.6 is 12.4 Å². The summed E-state index contributed by atoms with van der Waals surface area (Å²) in [6.45, 7) is 2.60. The molecule has 4 rings (SSSR count). The molecule has 0 radical (unpaired) electrons. The van der Waals surface area contributed by atoms with Crippen molar-refractivity contribution in [3.05, 3.63) is 59.4 Å². The van der Waals surface area contributed by atoms with E-state index in [4.69, 9.17) is 9.47 Å². The molecule has 1 atom stereocenters. The lowest BCUT2D eigenvalue weighted by molar-refractivity contribution is 0.0934. The van der Waals surface area contributed by atoms with E-state index in [1.54, 1.807) is 12.1 Å². The number of amides is 1. The molecular formula is C20H22ClFN2O3. The zero-order chi connectivity index (χ0) is 17.9. The van der Waals surface area contributed by atoms with Gasteiger partial charge in [-0.15, -0.1) is 12.4 Å². The van der Waals surface area contributed by atoms with Gasteiger partial charge in [0.2, 0.25) is 6.79 Å². The van der Waals surface area contributed by atoms with Gasteiger partial charge in [0, 0.05) is 6.54 Å². The van der Waals surface area contributed by atoms with Crippen LogP contribution in [-0.2, 0) is 0 Å². The third kappa shape index (κ3) is 4.17. The maximum Gasteiger partial charge on any atom is 0.254 e. The monoisotopic (exact) mass is 392 g/mol. The Morgan fingerprint density at radius 3 is 2.63 bits per heavy atom. The molecule has 27 heavy (non-hydrogen) atoms. The Morgan fingerprint density at radius 1 is 1.11 bits per heavy atom. The largest absolute Gasteiger partial charge is 0.454 e. The van der Waals surface area contributed by atoms with E-state index in [9.17, 15) is 9.18 Å². The minimum atomic E-state index is -0.509. The first-order chi connectivity index (χ1) is 12.7. The van der Waals surface area contributed by atoms with Gasteiger partial charge in [-0.2, -0.15) is 0 Å². The summed E-state index contributed by atoms with van der Waals surface area (Å²) < 4.78 is 24.7. The average Bonchev–Trinajstić information content (AvgIpc) is 3.33. The molecule has 5 nitrogen and oxygen atoms in total. The zero-order valence-corrected chi connectivity index (χ0v) is 15.6. The molecule has 0 saturated carbocycles. The third-order valence-electron chi connectivity index (χ3n) is 4.94. The third-order valence-corrected chi connectivity index (χ3v) is 4.94. The number of ether oxygens (including phenoxy) is 2. The summed E-state index contributed by atoms with van der Waals surface area (Å²) in [5, 5.41) is 2.89. The van der Waals surface area contributed by atoms with Crippen LogP contribution in [-0.4, -0.2) is 37.2 Å². The number of likely N-dealkylation sites (tertiary alicyclic amines) is 1. The Hall–Kier alpha value is -2.31. The molecule has 2 aliphatic heterocycles. The maximum absolute atomic E-state index is 13.8. The fourth-order valence-corrected chi connectivity index (χ4v) is 3.56. The van der Waals surface area contributed by atoms with Gasteiger partial charge < -0.3 is 14.8 Å². The van der Waals surface area contributed by atoms with Gasteiger partial charge in [0.15, 0.2) is 11.5 Å². The molecule has 1 saturated heterocycles. The SMILES string of the molecule is Cl.O=C(NCC(c1ccc2c(c1)OCO2)N1CCCC1)c1ccccc1F. The number of halogens is 2. The molecule has 1 unspecified atom stereocenters. The van der Waals surface area contributed by atoms with Crippen molar-refractivity contribution in [2.75, 3.05) is 26.4 Å². The maximum atomic E-state index is 13.8. The van der Waals surface area contributed by atoms with Gasteiger partial charge in [-0.1, -0.05) is 18.2 Å². The quantitative estimate of drug-likeness (QED) is 0.845. The molecule has 2 aromatic carbocycles. The van der Waals surface area contributed by atoms with Gasteiger partial charge in [0.1, 0.15) is 5.82 Å². The Morgan fingerprint density at radius 2 is 1.85 bits per heavy atom. The van der Waals surface area contributed by atoms with Crippen LogP contribution in [0.25, 0.3) is 0 Å². The van der Waals surface area contributed by atoms with Crippen molar-refractivity contribution in [1.82, 2.24) is 10.2 Å². The fourth-order valence-electron chi connectivity index (χ4n) is 3.56. The van der Waals surface area contributed by atoms with Gasteiger partial charge in [0.05, 0.1) is 11.6 Å². The van der Waals surface area contributed by atoms with E-state index in [2.05, 4.69) is 10.2 Å². The summed E-state index contributed by atoms with van der Waals surface area (Å²) >= 11 is 0. The predicted molar refractivity (Wildman–Crippen MR) is 102 cm³/mol. The molecule has 1 amide bonds. The highest BCUT2D eigenvalue weighted by molar-refractivity contribution is 5.94. The van der Waals surface area contributed by atoms with Crippen LogP contribution in [0.2, 0.25) is 0 Å². The highest BCUT2D eigenvalue weighted by Gasteiger charge is 2.26. The topological polar surface area (TPSA) is 50.8 Å². The molecule has 2 heterocycles. The van der Waals surface area contributed by atoms with E-state index in [0.717, 1.165) is 43.0 Å². The van der Waals surface area contributed by atoms with Crippen LogP contribution in [0.3, 0.4) is 0 Å². The van der Waals surface area contributed by atoms with Crippen LogP contribution in [0.5, 0.6) is 11.5 Å². The lowest BCUT2D eigenvalue weighted by Crippen LogP contribution is -2.37. The summed E-state index contributed by atoms with van der Waals surface area (Å²) in [5.41, 5.74) is 1.13. The number of nitrogens with one attached hydrogen (secondary N) is 1. The highest BCUT2D eigenvalue weighted by atomic mass is 35.5. The number of hydrogen-bond acceptors (Lipinski definition) is 4. The van der Waals surface area contributed by atoms with E-state index in [-0.39, 0.29) is 30.8 Å². The van der Waals surface area contributed by atoms with Crippen LogP contribution in [0.15, 0.2) is 42.5 Å². The number of rotatable bonds is 5. The number of fused-ring (bicyclic) bond motifs is 1. The van der Waals surface area contributed by atoms with Crippen LogP contribution < -0.4 is 14.8 Å². The predicted octanol–water partition coefficient (Wildman–Crippen LogP) is 3.54. The number of nitrogens with zero attached hydrogens (tertiary/aromatic N) is 1. The van der Waals surface area contributed by atoms with Crippen molar-refractivity contribution in [2.45, 2.75) is 18.9 Å². The van der Waals surface area contributed by atoms with Crippen molar-refractivity contribution in [3.8, 4) is 11.5 Å². The van der Waals surface area contributed by atoms with Crippen molar-refractivity contribution < 1.29 is 18.7 Å². The molecule has 1 N–H and O–H groups in total. The molecule has 2 aromatic rings. The van der Waals surface area contributed by atoms with Gasteiger partial charge >= 0.3 is 0 Å². The van der Waals surface area contributed by atoms with E-state index in [1.807, 2.05) is 18.2 Å². The van der Waals surface area contributed by atoms with Gasteiger partial charge in [-0.25, -0.2) is 4.39 Å². The molecule has 1 fully saturated rings. The second-order valence-electron chi connectivity index (χ2n) is 6.56. The molecule has 2 aliphatic rings. The summed E-state index contributed by atoms with van der Waals surface area (Å²) in [7, 11) is 0. The van der Waals surface area contributed by atoms with Gasteiger partial charge in [0.25, 0.3) is 5.91 Å². The number of hydrogen-bond donors (Lipinski definition) is 1. The first-order valence-corrected chi connectivity index (χ1v) is 8.89. The lowest BCUT2D eigenvalue weighted by atomic mass is 10.0. The van der Waals surface area contributed by atoms with Crippen LogP contribution in [0.1, 0.15) is 34.8 Å². The normalized spacial score (nSPS) is 16.6.